The predicted molar refractivity (Wildman–Crippen MR) is 68.3 cm³/mol. The van der Waals surface area contributed by atoms with Gasteiger partial charge in [-0.05, 0) is 40.9 Å². The molecule has 0 saturated carbocycles. The predicted octanol–water partition coefficient (Wildman–Crippen LogP) is 2.83. The van der Waals surface area contributed by atoms with Crippen molar-refractivity contribution in [2.75, 3.05) is 0 Å². The Balaban J connectivity index is 2.06. The molecule has 2 rings (SSSR count). The van der Waals surface area contributed by atoms with E-state index in [1.807, 2.05) is 17.7 Å². The van der Waals surface area contributed by atoms with E-state index >= 15 is 0 Å². The maximum Gasteiger partial charge on any atom is 0.254 e. The second kappa shape index (κ2) is 5.18. The van der Waals surface area contributed by atoms with Gasteiger partial charge in [0.05, 0.1) is 5.56 Å². The van der Waals surface area contributed by atoms with Crippen LogP contribution in [0.4, 0.5) is 4.39 Å². The monoisotopic (exact) mass is 265 g/mol. The van der Waals surface area contributed by atoms with Crippen molar-refractivity contribution in [3.63, 3.8) is 0 Å². The Hall–Kier alpha value is -1.88. The van der Waals surface area contributed by atoms with E-state index in [4.69, 9.17) is 5.11 Å². The van der Waals surface area contributed by atoms with Gasteiger partial charge in [-0.2, -0.15) is 11.3 Å². The normalized spacial score (nSPS) is 10.3. The topological polar surface area (TPSA) is 49.3 Å². The molecule has 1 amide bonds. The molecule has 1 heterocycles. The molecule has 0 fully saturated rings. The van der Waals surface area contributed by atoms with E-state index < -0.39 is 11.7 Å². The van der Waals surface area contributed by atoms with Gasteiger partial charge in [0.1, 0.15) is 11.6 Å². The van der Waals surface area contributed by atoms with E-state index in [0.717, 1.165) is 17.2 Å². The number of aromatic hydroxyl groups is 1. The minimum atomic E-state index is -0.727. The van der Waals surface area contributed by atoms with E-state index in [9.17, 15) is 9.18 Å². The van der Waals surface area contributed by atoms with Gasteiger partial charge < -0.3 is 10.4 Å². The van der Waals surface area contributed by atoms with E-state index in [0.29, 0.717) is 6.54 Å². The van der Waals surface area contributed by atoms with Crippen LogP contribution in [0, 0.1) is 12.7 Å². The summed E-state index contributed by atoms with van der Waals surface area (Å²) >= 11 is 1.56. The van der Waals surface area contributed by atoms with Crippen molar-refractivity contribution >= 4 is 17.2 Å². The van der Waals surface area contributed by atoms with Crippen molar-refractivity contribution in [2.24, 2.45) is 0 Å². The molecule has 0 aliphatic rings. The summed E-state index contributed by atoms with van der Waals surface area (Å²) in [5, 5.41) is 15.6. The van der Waals surface area contributed by atoms with Gasteiger partial charge in [0.2, 0.25) is 0 Å². The Morgan fingerprint density at radius 1 is 1.44 bits per heavy atom. The Bertz CT molecular complexity index is 580. The van der Waals surface area contributed by atoms with Crippen LogP contribution in [0.2, 0.25) is 0 Å². The fraction of sp³-hybridized carbons (Fsp3) is 0.154. The van der Waals surface area contributed by atoms with Gasteiger partial charge in [-0.1, -0.05) is 0 Å². The van der Waals surface area contributed by atoms with Crippen LogP contribution in [-0.4, -0.2) is 11.0 Å². The number of carbonyl (C=O) groups is 1. The fourth-order valence-electron chi connectivity index (χ4n) is 1.53. The van der Waals surface area contributed by atoms with Gasteiger partial charge in [0, 0.05) is 12.6 Å². The smallest absolute Gasteiger partial charge is 0.254 e. The zero-order valence-electron chi connectivity index (χ0n) is 9.74. The summed E-state index contributed by atoms with van der Waals surface area (Å²) in [6.07, 6.45) is 0. The summed E-state index contributed by atoms with van der Waals surface area (Å²) in [7, 11) is 0. The van der Waals surface area contributed by atoms with Crippen molar-refractivity contribution in [3.05, 3.63) is 51.5 Å². The van der Waals surface area contributed by atoms with E-state index in [-0.39, 0.29) is 11.3 Å². The zero-order chi connectivity index (χ0) is 13.1. The average Bonchev–Trinajstić information content (AvgIpc) is 2.72. The highest BCUT2D eigenvalue weighted by Crippen LogP contribution is 2.16. The molecule has 0 aliphatic heterocycles. The van der Waals surface area contributed by atoms with Crippen LogP contribution in [0.25, 0.3) is 0 Å². The Morgan fingerprint density at radius 3 is 2.83 bits per heavy atom. The molecule has 0 spiro atoms. The first kappa shape index (κ1) is 12.6. The molecular formula is C13H12FNO2S. The van der Waals surface area contributed by atoms with Crippen LogP contribution in [0.1, 0.15) is 21.5 Å². The highest BCUT2D eigenvalue weighted by Gasteiger charge is 2.12. The molecule has 94 valence electrons. The number of amides is 1. The van der Waals surface area contributed by atoms with Gasteiger partial charge in [0.25, 0.3) is 5.91 Å². The minimum Gasteiger partial charge on any atom is -0.508 e. The quantitative estimate of drug-likeness (QED) is 0.896. The lowest BCUT2D eigenvalue weighted by Gasteiger charge is -2.06. The Morgan fingerprint density at radius 2 is 2.22 bits per heavy atom. The number of hydrogen-bond acceptors (Lipinski definition) is 3. The summed E-state index contributed by atoms with van der Waals surface area (Å²) < 4.78 is 13.4. The van der Waals surface area contributed by atoms with Crippen molar-refractivity contribution in [3.8, 4) is 5.75 Å². The van der Waals surface area contributed by atoms with Crippen LogP contribution in [0.3, 0.4) is 0 Å². The van der Waals surface area contributed by atoms with Crippen molar-refractivity contribution < 1.29 is 14.3 Å². The number of phenols is 1. The number of benzene rings is 1. The second-order valence-corrected chi connectivity index (χ2v) is 4.67. The molecule has 18 heavy (non-hydrogen) atoms. The SMILES string of the molecule is Cc1cscc1CNC(=O)c1ccc(O)cc1F. The number of rotatable bonds is 3. The van der Waals surface area contributed by atoms with Gasteiger partial charge in [-0.3, -0.25) is 4.79 Å². The molecule has 0 radical (unpaired) electrons. The molecule has 0 bridgehead atoms. The standard InChI is InChI=1S/C13H12FNO2S/c1-8-6-18-7-9(8)5-15-13(17)11-3-2-10(16)4-12(11)14/h2-4,6-7,16H,5H2,1H3,(H,15,17). The Labute approximate surface area is 108 Å². The first-order chi connectivity index (χ1) is 8.58. The average molecular weight is 265 g/mol. The number of phenolic OH excluding ortho intramolecular Hbond substituents is 1. The molecule has 0 saturated heterocycles. The van der Waals surface area contributed by atoms with E-state index in [1.54, 1.807) is 11.3 Å². The maximum absolute atomic E-state index is 13.4. The summed E-state index contributed by atoms with van der Waals surface area (Å²) in [5.41, 5.74) is 2.06. The highest BCUT2D eigenvalue weighted by atomic mass is 32.1. The van der Waals surface area contributed by atoms with Crippen LogP contribution >= 0.6 is 11.3 Å². The van der Waals surface area contributed by atoms with Crippen LogP contribution < -0.4 is 5.32 Å². The lowest BCUT2D eigenvalue weighted by atomic mass is 10.1. The van der Waals surface area contributed by atoms with Crippen LogP contribution in [-0.2, 0) is 6.54 Å². The molecule has 5 heteroatoms. The number of hydrogen-bond donors (Lipinski definition) is 2. The molecule has 0 unspecified atom stereocenters. The Kier molecular flexibility index (Phi) is 3.62. The van der Waals surface area contributed by atoms with Crippen LogP contribution in [0.15, 0.2) is 29.0 Å². The third-order valence-electron chi connectivity index (χ3n) is 2.60. The molecule has 0 atom stereocenters. The zero-order valence-corrected chi connectivity index (χ0v) is 10.6. The van der Waals surface area contributed by atoms with Gasteiger partial charge in [0.15, 0.2) is 0 Å². The van der Waals surface area contributed by atoms with Crippen LogP contribution in [0.5, 0.6) is 5.75 Å². The summed E-state index contributed by atoms with van der Waals surface area (Å²) in [6.45, 7) is 2.33. The lowest BCUT2D eigenvalue weighted by Crippen LogP contribution is -2.23. The number of thiophene rings is 1. The minimum absolute atomic E-state index is 0.0688. The molecule has 2 N–H and O–H groups in total. The van der Waals surface area contributed by atoms with Crippen molar-refractivity contribution in [1.82, 2.24) is 5.32 Å². The number of aryl methyl sites for hydroxylation is 1. The summed E-state index contributed by atoms with van der Waals surface area (Å²) in [4.78, 5) is 11.8. The second-order valence-electron chi connectivity index (χ2n) is 3.93. The molecular weight excluding hydrogens is 253 g/mol. The summed E-state index contributed by atoms with van der Waals surface area (Å²) in [6, 6.07) is 3.47. The first-order valence-electron chi connectivity index (χ1n) is 5.36. The molecule has 0 aliphatic carbocycles. The van der Waals surface area contributed by atoms with Gasteiger partial charge in [-0.25, -0.2) is 4.39 Å². The van der Waals surface area contributed by atoms with Gasteiger partial charge >= 0.3 is 0 Å². The van der Waals surface area contributed by atoms with E-state index in [2.05, 4.69) is 5.32 Å². The highest BCUT2D eigenvalue weighted by molar-refractivity contribution is 7.08. The first-order valence-corrected chi connectivity index (χ1v) is 6.30. The molecule has 1 aromatic carbocycles. The molecule has 3 nitrogen and oxygen atoms in total. The largest absolute Gasteiger partial charge is 0.508 e. The summed E-state index contributed by atoms with van der Waals surface area (Å²) in [5.74, 6) is -1.41. The molecule has 1 aromatic heterocycles. The fourth-order valence-corrected chi connectivity index (χ4v) is 2.38. The number of carbonyl (C=O) groups excluding carboxylic acids is 1. The van der Waals surface area contributed by atoms with Crippen molar-refractivity contribution in [2.45, 2.75) is 13.5 Å². The third kappa shape index (κ3) is 2.68. The third-order valence-corrected chi connectivity index (χ3v) is 3.51. The maximum atomic E-state index is 13.4. The van der Waals surface area contributed by atoms with E-state index in [1.165, 1.54) is 12.1 Å². The van der Waals surface area contributed by atoms with Gasteiger partial charge in [-0.15, -0.1) is 0 Å². The van der Waals surface area contributed by atoms with Crippen molar-refractivity contribution in [1.29, 1.82) is 0 Å². The number of halogens is 1. The number of nitrogens with one attached hydrogen (secondary N) is 1. The lowest BCUT2D eigenvalue weighted by molar-refractivity contribution is 0.0947. The molecule has 2 aromatic rings.